The number of alkyl halides is 3. The summed E-state index contributed by atoms with van der Waals surface area (Å²) >= 11 is 0. The van der Waals surface area contributed by atoms with Gasteiger partial charge < -0.3 is 10.3 Å². The van der Waals surface area contributed by atoms with E-state index < -0.39 is 17.6 Å². The van der Waals surface area contributed by atoms with Crippen molar-refractivity contribution in [3.05, 3.63) is 35.7 Å². The van der Waals surface area contributed by atoms with Crippen molar-refractivity contribution in [2.45, 2.75) is 25.6 Å². The van der Waals surface area contributed by atoms with Crippen molar-refractivity contribution < 1.29 is 17.7 Å². The summed E-state index contributed by atoms with van der Waals surface area (Å²) in [7, 11) is 0. The highest BCUT2D eigenvalue weighted by atomic mass is 19.4. The first-order valence-corrected chi connectivity index (χ1v) is 5.49. The van der Waals surface area contributed by atoms with Gasteiger partial charge in [0.2, 0.25) is 5.82 Å². The molecular formula is C12H12F3N3O. The van der Waals surface area contributed by atoms with Gasteiger partial charge in [-0.05, 0) is 19.4 Å². The lowest BCUT2D eigenvalue weighted by Crippen LogP contribution is -2.47. The van der Waals surface area contributed by atoms with E-state index in [0.717, 1.165) is 12.5 Å². The Morgan fingerprint density at radius 2 is 1.84 bits per heavy atom. The van der Waals surface area contributed by atoms with Crippen LogP contribution in [0.3, 0.4) is 0 Å². The number of nitrogens with zero attached hydrogens (tertiary/aromatic N) is 2. The number of aryl methyl sites for hydroxylation is 1. The van der Waals surface area contributed by atoms with Crippen LogP contribution in [0.25, 0.3) is 11.4 Å². The molecule has 0 saturated carbocycles. The molecule has 1 atom stereocenters. The largest absolute Gasteiger partial charge is 0.415 e. The average Bonchev–Trinajstić information content (AvgIpc) is 2.77. The van der Waals surface area contributed by atoms with Crippen LogP contribution >= 0.6 is 0 Å². The van der Waals surface area contributed by atoms with Crippen molar-refractivity contribution in [2.24, 2.45) is 5.73 Å². The first-order valence-electron chi connectivity index (χ1n) is 5.49. The van der Waals surface area contributed by atoms with E-state index in [9.17, 15) is 13.2 Å². The van der Waals surface area contributed by atoms with Gasteiger partial charge in [-0.15, -0.1) is 0 Å². The molecule has 1 aromatic carbocycles. The lowest BCUT2D eigenvalue weighted by molar-refractivity contribution is -0.190. The predicted molar refractivity (Wildman–Crippen MR) is 62.1 cm³/mol. The van der Waals surface area contributed by atoms with Gasteiger partial charge in [0.15, 0.2) is 5.54 Å². The van der Waals surface area contributed by atoms with E-state index in [1.807, 2.05) is 6.07 Å². The minimum absolute atomic E-state index is 0.0917. The smallest absolute Gasteiger partial charge is 0.337 e. The van der Waals surface area contributed by atoms with Crippen molar-refractivity contribution in [1.82, 2.24) is 10.1 Å². The zero-order valence-corrected chi connectivity index (χ0v) is 10.3. The van der Waals surface area contributed by atoms with Gasteiger partial charge in [-0.3, -0.25) is 0 Å². The summed E-state index contributed by atoms with van der Waals surface area (Å²) in [6.45, 7) is 2.60. The monoisotopic (exact) mass is 271 g/mol. The fraction of sp³-hybridized carbons (Fsp3) is 0.333. The number of nitrogens with two attached hydrogens (primary N) is 1. The number of halogens is 3. The van der Waals surface area contributed by atoms with Crippen molar-refractivity contribution in [3.8, 4) is 11.4 Å². The highest BCUT2D eigenvalue weighted by molar-refractivity contribution is 5.59. The molecule has 0 radical (unpaired) electrons. The predicted octanol–water partition coefficient (Wildman–Crippen LogP) is 2.78. The van der Waals surface area contributed by atoms with E-state index in [4.69, 9.17) is 5.73 Å². The SMILES string of the molecule is Cc1ccccc1-c1noc(C(C)(N)C(F)(F)F)n1. The first-order chi connectivity index (χ1) is 8.73. The standard InChI is InChI=1S/C12H12F3N3O/c1-7-5-3-4-6-8(7)9-17-10(19-18-9)11(2,16)12(13,14)15/h3-6H,16H2,1-2H3. The minimum atomic E-state index is -4.66. The Hall–Kier alpha value is -1.89. The number of hydrogen-bond donors (Lipinski definition) is 1. The van der Waals surface area contributed by atoms with Gasteiger partial charge in [0.05, 0.1) is 0 Å². The summed E-state index contributed by atoms with van der Waals surface area (Å²) in [5, 5.41) is 3.56. The highest BCUT2D eigenvalue weighted by Crippen LogP contribution is 2.36. The molecular weight excluding hydrogens is 259 g/mol. The van der Waals surface area contributed by atoms with E-state index in [1.165, 1.54) is 0 Å². The second kappa shape index (κ2) is 4.34. The van der Waals surface area contributed by atoms with Crippen LogP contribution < -0.4 is 5.73 Å². The fourth-order valence-corrected chi connectivity index (χ4v) is 1.49. The number of benzene rings is 1. The molecule has 0 amide bonds. The Morgan fingerprint density at radius 1 is 1.21 bits per heavy atom. The van der Waals surface area contributed by atoms with Crippen LogP contribution in [0, 0.1) is 6.92 Å². The summed E-state index contributed by atoms with van der Waals surface area (Å²) in [6.07, 6.45) is -4.66. The lowest BCUT2D eigenvalue weighted by atomic mass is 10.0. The summed E-state index contributed by atoms with van der Waals surface area (Å²) in [5.74, 6) is -0.563. The van der Waals surface area contributed by atoms with Gasteiger partial charge in [-0.2, -0.15) is 18.2 Å². The first kappa shape index (κ1) is 13.5. The minimum Gasteiger partial charge on any atom is -0.337 e. The molecule has 2 N–H and O–H groups in total. The Balaban J connectivity index is 2.43. The van der Waals surface area contributed by atoms with Crippen molar-refractivity contribution >= 4 is 0 Å². The molecule has 102 valence electrons. The number of rotatable bonds is 2. The molecule has 0 spiro atoms. The number of hydrogen-bond acceptors (Lipinski definition) is 4. The fourth-order valence-electron chi connectivity index (χ4n) is 1.49. The van der Waals surface area contributed by atoms with Crippen LogP contribution in [0.5, 0.6) is 0 Å². The van der Waals surface area contributed by atoms with Crippen LogP contribution in [-0.4, -0.2) is 16.3 Å². The van der Waals surface area contributed by atoms with Gasteiger partial charge in [0, 0.05) is 5.56 Å². The zero-order valence-electron chi connectivity index (χ0n) is 10.3. The molecule has 0 aliphatic carbocycles. The third-order valence-corrected chi connectivity index (χ3v) is 2.85. The molecule has 0 fully saturated rings. The summed E-state index contributed by atoms with van der Waals surface area (Å²) in [5.41, 5.74) is 4.00. The van der Waals surface area contributed by atoms with Crippen LogP contribution in [0.4, 0.5) is 13.2 Å². The maximum atomic E-state index is 12.8. The number of aromatic nitrogens is 2. The third-order valence-electron chi connectivity index (χ3n) is 2.85. The lowest BCUT2D eigenvalue weighted by Gasteiger charge is -2.22. The molecule has 2 rings (SSSR count). The molecule has 4 nitrogen and oxygen atoms in total. The van der Waals surface area contributed by atoms with Crippen LogP contribution in [0.1, 0.15) is 18.4 Å². The molecule has 0 aliphatic rings. The molecule has 7 heteroatoms. The van der Waals surface area contributed by atoms with E-state index >= 15 is 0 Å². The van der Waals surface area contributed by atoms with Crippen molar-refractivity contribution in [1.29, 1.82) is 0 Å². The molecule has 2 aromatic rings. The van der Waals surface area contributed by atoms with Crippen molar-refractivity contribution in [3.63, 3.8) is 0 Å². The van der Waals surface area contributed by atoms with Crippen molar-refractivity contribution in [2.75, 3.05) is 0 Å². The van der Waals surface area contributed by atoms with Crippen LogP contribution in [0.15, 0.2) is 28.8 Å². The van der Waals surface area contributed by atoms with Crippen LogP contribution in [0.2, 0.25) is 0 Å². The zero-order chi connectivity index (χ0) is 14.3. The quantitative estimate of drug-likeness (QED) is 0.912. The van der Waals surface area contributed by atoms with Gasteiger partial charge in [-0.25, -0.2) is 0 Å². The summed E-state index contributed by atoms with van der Waals surface area (Å²) in [6, 6.07) is 7.05. The van der Waals surface area contributed by atoms with E-state index in [2.05, 4.69) is 14.7 Å². The average molecular weight is 271 g/mol. The third kappa shape index (κ3) is 2.33. The van der Waals surface area contributed by atoms with E-state index in [-0.39, 0.29) is 5.82 Å². The van der Waals surface area contributed by atoms with E-state index in [1.54, 1.807) is 25.1 Å². The Bertz CT molecular complexity index is 590. The summed E-state index contributed by atoms with van der Waals surface area (Å²) < 4.78 is 42.9. The Labute approximate surface area is 107 Å². The van der Waals surface area contributed by atoms with Gasteiger partial charge in [-0.1, -0.05) is 29.4 Å². The highest BCUT2D eigenvalue weighted by Gasteiger charge is 2.53. The molecule has 19 heavy (non-hydrogen) atoms. The summed E-state index contributed by atoms with van der Waals surface area (Å²) in [4.78, 5) is 3.76. The van der Waals surface area contributed by atoms with E-state index in [0.29, 0.717) is 5.56 Å². The molecule has 1 aromatic heterocycles. The van der Waals surface area contributed by atoms with Gasteiger partial charge in [0.1, 0.15) is 0 Å². The molecule has 1 heterocycles. The normalized spacial score (nSPS) is 15.3. The second-order valence-electron chi connectivity index (χ2n) is 4.44. The Morgan fingerprint density at radius 3 is 2.42 bits per heavy atom. The van der Waals surface area contributed by atoms with Crippen LogP contribution in [-0.2, 0) is 5.54 Å². The van der Waals surface area contributed by atoms with Gasteiger partial charge >= 0.3 is 6.18 Å². The Kier molecular flexibility index (Phi) is 3.09. The van der Waals surface area contributed by atoms with Gasteiger partial charge in [0.25, 0.3) is 5.89 Å². The maximum Gasteiger partial charge on any atom is 0.415 e. The molecule has 0 saturated heterocycles. The molecule has 0 bridgehead atoms. The maximum absolute atomic E-state index is 12.8. The molecule has 1 unspecified atom stereocenters. The second-order valence-corrected chi connectivity index (χ2v) is 4.44. The molecule has 0 aliphatic heterocycles. The topological polar surface area (TPSA) is 64.9 Å².